The van der Waals surface area contributed by atoms with Crippen molar-refractivity contribution >= 4 is 38.6 Å². The zero-order valence-electron chi connectivity index (χ0n) is 16.2. The number of fused-ring (bicyclic) bond motifs is 1. The summed E-state index contributed by atoms with van der Waals surface area (Å²) in [6.07, 6.45) is 1.66. The van der Waals surface area contributed by atoms with Crippen molar-refractivity contribution in [3.8, 4) is 5.75 Å². The van der Waals surface area contributed by atoms with Gasteiger partial charge < -0.3 is 9.84 Å². The molecule has 1 heterocycles. The van der Waals surface area contributed by atoms with Crippen molar-refractivity contribution in [1.29, 1.82) is 0 Å². The number of aromatic hydroxyl groups is 1. The van der Waals surface area contributed by atoms with Gasteiger partial charge in [0.15, 0.2) is 11.5 Å². The van der Waals surface area contributed by atoms with E-state index in [2.05, 4.69) is 33.0 Å². The molecule has 3 rings (SSSR count). The molecule has 0 atom stereocenters. The van der Waals surface area contributed by atoms with Gasteiger partial charge in [0.2, 0.25) is 0 Å². The van der Waals surface area contributed by atoms with Gasteiger partial charge in [-0.25, -0.2) is 4.98 Å². The summed E-state index contributed by atoms with van der Waals surface area (Å²) in [6.45, 7) is 1.98. The van der Waals surface area contributed by atoms with E-state index in [-0.39, 0.29) is 30.9 Å². The number of nitrogens with zero attached hydrogens (tertiary/aromatic N) is 1. The first-order valence-electron chi connectivity index (χ1n) is 9.53. The highest BCUT2D eigenvalue weighted by Crippen LogP contribution is 2.35. The number of carbonyl (C=O) groups is 2. The van der Waals surface area contributed by atoms with Gasteiger partial charge in [-0.2, -0.15) is 0 Å². The van der Waals surface area contributed by atoms with Crippen LogP contribution in [0.25, 0.3) is 10.9 Å². The van der Waals surface area contributed by atoms with E-state index in [1.807, 2.05) is 36.4 Å². The molecule has 0 radical (unpaired) electrons. The van der Waals surface area contributed by atoms with E-state index >= 15 is 0 Å². The third-order valence-electron chi connectivity index (χ3n) is 4.63. The maximum atomic E-state index is 12.4. The van der Waals surface area contributed by atoms with Crippen molar-refractivity contribution in [2.45, 2.75) is 32.6 Å². The monoisotopic (exact) mass is 455 g/mol. The first-order valence-corrected chi connectivity index (χ1v) is 10.3. The summed E-state index contributed by atoms with van der Waals surface area (Å²) in [5.74, 6) is -1.04. The number of ether oxygens (including phenoxy) is 1. The van der Waals surface area contributed by atoms with E-state index < -0.39 is 11.8 Å². The summed E-state index contributed by atoms with van der Waals surface area (Å²) in [6, 6.07) is 16.0. The Kier molecular flexibility index (Phi) is 6.99. The lowest BCUT2D eigenvalue weighted by Gasteiger charge is -2.10. The molecule has 0 saturated carbocycles. The van der Waals surface area contributed by atoms with Crippen molar-refractivity contribution in [2.75, 3.05) is 6.61 Å². The molecule has 0 saturated heterocycles. The van der Waals surface area contributed by atoms with E-state index in [0.29, 0.717) is 9.99 Å². The molecule has 1 aromatic heterocycles. The van der Waals surface area contributed by atoms with Crippen LogP contribution >= 0.6 is 15.9 Å². The fourth-order valence-corrected chi connectivity index (χ4v) is 3.62. The molecule has 6 heteroatoms. The van der Waals surface area contributed by atoms with Gasteiger partial charge in [-0.15, -0.1) is 0 Å². The van der Waals surface area contributed by atoms with Gasteiger partial charge in [-0.3, -0.25) is 9.59 Å². The van der Waals surface area contributed by atoms with Crippen LogP contribution in [-0.2, 0) is 22.4 Å². The maximum absolute atomic E-state index is 12.4. The average Bonchev–Trinajstić information content (AvgIpc) is 2.74. The first kappa shape index (κ1) is 21.0. The summed E-state index contributed by atoms with van der Waals surface area (Å²) in [5.41, 5.74) is 2.95. The highest BCUT2D eigenvalue weighted by Gasteiger charge is 2.20. The molecule has 2 aromatic carbocycles. The summed E-state index contributed by atoms with van der Waals surface area (Å²) < 4.78 is 5.27. The van der Waals surface area contributed by atoms with Crippen LogP contribution in [0, 0.1) is 0 Å². The van der Waals surface area contributed by atoms with Crippen LogP contribution in [-0.4, -0.2) is 28.4 Å². The lowest BCUT2D eigenvalue weighted by Crippen LogP contribution is -2.09. The number of esters is 1. The molecule has 3 aromatic rings. The molecule has 0 unspecified atom stereocenters. The molecule has 0 spiro atoms. The maximum Gasteiger partial charge on any atom is 0.306 e. The standard InChI is InChI=1S/C23H22BrNO4/c1-2-29-20(27)13-12-19(26)22-23(28)21(24)17-14-16(10-11-18(17)25-22)9-8-15-6-4-3-5-7-15/h3-7,10-11,14,28H,2,8-9,12-13H2,1H3. The van der Waals surface area contributed by atoms with Gasteiger partial charge in [0, 0.05) is 11.8 Å². The summed E-state index contributed by atoms with van der Waals surface area (Å²) in [7, 11) is 0. The molecule has 29 heavy (non-hydrogen) atoms. The van der Waals surface area contributed by atoms with Crippen LogP contribution in [0.3, 0.4) is 0 Å². The number of hydrogen-bond donors (Lipinski definition) is 1. The third kappa shape index (κ3) is 5.21. The zero-order valence-corrected chi connectivity index (χ0v) is 17.7. The summed E-state index contributed by atoms with van der Waals surface area (Å²) in [5, 5.41) is 11.2. The van der Waals surface area contributed by atoms with Gasteiger partial charge in [0.1, 0.15) is 5.69 Å². The highest BCUT2D eigenvalue weighted by atomic mass is 79.9. The Morgan fingerprint density at radius 3 is 2.48 bits per heavy atom. The van der Waals surface area contributed by atoms with Gasteiger partial charge in [0.25, 0.3) is 0 Å². The minimum Gasteiger partial charge on any atom is -0.504 e. The molecule has 0 aliphatic carbocycles. The molecule has 0 aliphatic rings. The number of pyridine rings is 1. The fourth-order valence-electron chi connectivity index (χ4n) is 3.11. The summed E-state index contributed by atoms with van der Waals surface area (Å²) in [4.78, 5) is 28.3. The van der Waals surface area contributed by atoms with Crippen LogP contribution in [0.4, 0.5) is 0 Å². The van der Waals surface area contributed by atoms with Crippen LogP contribution < -0.4 is 0 Å². The van der Waals surface area contributed by atoms with Crippen LogP contribution in [0.2, 0.25) is 0 Å². The number of carbonyl (C=O) groups excluding carboxylic acids is 2. The quantitative estimate of drug-likeness (QED) is 0.381. The number of ketones is 1. The molecule has 1 N–H and O–H groups in total. The van der Waals surface area contributed by atoms with E-state index in [0.717, 1.165) is 23.8 Å². The van der Waals surface area contributed by atoms with Crippen LogP contribution in [0.1, 0.15) is 41.4 Å². The predicted molar refractivity (Wildman–Crippen MR) is 115 cm³/mol. The van der Waals surface area contributed by atoms with Crippen molar-refractivity contribution < 1.29 is 19.4 Å². The average molecular weight is 456 g/mol. The zero-order chi connectivity index (χ0) is 20.8. The lowest BCUT2D eigenvalue weighted by atomic mass is 10.0. The van der Waals surface area contributed by atoms with Crippen LogP contribution in [0.5, 0.6) is 5.75 Å². The number of aryl methyl sites for hydroxylation is 2. The van der Waals surface area contributed by atoms with E-state index in [1.165, 1.54) is 5.56 Å². The Bertz CT molecular complexity index is 1030. The summed E-state index contributed by atoms with van der Waals surface area (Å²) >= 11 is 3.40. The van der Waals surface area contributed by atoms with Crippen molar-refractivity contribution in [1.82, 2.24) is 4.98 Å². The number of hydrogen-bond acceptors (Lipinski definition) is 5. The first-order chi connectivity index (χ1) is 14.0. The molecule has 0 aliphatic heterocycles. The Hall–Kier alpha value is -2.73. The molecule has 150 valence electrons. The van der Waals surface area contributed by atoms with E-state index in [4.69, 9.17) is 4.74 Å². The molecular weight excluding hydrogens is 434 g/mol. The van der Waals surface area contributed by atoms with Gasteiger partial charge in [-0.1, -0.05) is 36.4 Å². The fraction of sp³-hybridized carbons (Fsp3) is 0.261. The Morgan fingerprint density at radius 1 is 1.03 bits per heavy atom. The predicted octanol–water partition coefficient (Wildman–Crippen LogP) is 5.01. The SMILES string of the molecule is CCOC(=O)CCC(=O)c1nc2ccc(CCc3ccccc3)cc2c(Br)c1O. The smallest absolute Gasteiger partial charge is 0.306 e. The molecule has 0 fully saturated rings. The number of Topliss-reactive ketones (excluding diaryl/α,β-unsaturated/α-hetero) is 1. The topological polar surface area (TPSA) is 76.5 Å². The lowest BCUT2D eigenvalue weighted by molar-refractivity contribution is -0.143. The van der Waals surface area contributed by atoms with Crippen LogP contribution in [0.15, 0.2) is 53.0 Å². The second-order valence-electron chi connectivity index (χ2n) is 6.69. The van der Waals surface area contributed by atoms with Crippen molar-refractivity contribution in [3.63, 3.8) is 0 Å². The third-order valence-corrected chi connectivity index (χ3v) is 5.44. The number of rotatable bonds is 8. The second-order valence-corrected chi connectivity index (χ2v) is 7.48. The van der Waals surface area contributed by atoms with Crippen molar-refractivity contribution in [2.24, 2.45) is 0 Å². The Morgan fingerprint density at radius 2 is 1.76 bits per heavy atom. The Labute approximate surface area is 177 Å². The highest BCUT2D eigenvalue weighted by molar-refractivity contribution is 9.10. The van der Waals surface area contributed by atoms with Crippen molar-refractivity contribution in [3.05, 3.63) is 69.8 Å². The minimum absolute atomic E-state index is 0.0364. The van der Waals surface area contributed by atoms with Gasteiger partial charge in [-0.05, 0) is 59.0 Å². The largest absolute Gasteiger partial charge is 0.504 e. The van der Waals surface area contributed by atoms with Gasteiger partial charge >= 0.3 is 5.97 Å². The molecule has 5 nitrogen and oxygen atoms in total. The Balaban J connectivity index is 1.80. The number of aromatic nitrogens is 1. The normalized spacial score (nSPS) is 10.8. The van der Waals surface area contributed by atoms with E-state index in [1.54, 1.807) is 6.92 Å². The molecule has 0 bridgehead atoms. The molecule has 0 amide bonds. The molecular formula is C23H22BrNO4. The minimum atomic E-state index is -0.441. The number of halogens is 1. The van der Waals surface area contributed by atoms with E-state index in [9.17, 15) is 14.7 Å². The second kappa shape index (κ2) is 9.65. The number of benzene rings is 2. The van der Waals surface area contributed by atoms with Gasteiger partial charge in [0.05, 0.1) is 23.0 Å².